The highest BCUT2D eigenvalue weighted by molar-refractivity contribution is 9.11. The van der Waals surface area contributed by atoms with Crippen LogP contribution in [0.5, 0.6) is 11.5 Å². The van der Waals surface area contributed by atoms with Crippen molar-refractivity contribution in [2.45, 2.75) is 38.5 Å². The average Bonchev–Trinajstić information content (AvgIpc) is 3.07. The molecular weight excluding hydrogens is 544 g/mol. The number of anilines is 1. The lowest BCUT2D eigenvalue weighted by Gasteiger charge is -2.23. The minimum atomic E-state index is -0.320. The van der Waals surface area contributed by atoms with Crippen LogP contribution in [-0.4, -0.2) is 34.6 Å². The van der Waals surface area contributed by atoms with Crippen LogP contribution in [0.3, 0.4) is 0 Å². The number of hydrogen-bond donors (Lipinski definition) is 2. The van der Waals surface area contributed by atoms with Crippen LogP contribution in [0, 0.1) is 0 Å². The molecule has 0 aliphatic carbocycles. The van der Waals surface area contributed by atoms with Crippen LogP contribution < -0.4 is 4.90 Å². The number of phenolic OH excluding ortho intramolecular Hbond substituents is 2. The van der Waals surface area contributed by atoms with Crippen LogP contribution >= 0.6 is 31.9 Å². The summed E-state index contributed by atoms with van der Waals surface area (Å²) in [5.74, 6) is 0.628. The van der Waals surface area contributed by atoms with E-state index in [0.29, 0.717) is 11.5 Å². The zero-order valence-corrected chi connectivity index (χ0v) is 22.9. The first-order chi connectivity index (χ1) is 15.4. The molecule has 2 aliphatic heterocycles. The number of benzene rings is 2. The minimum absolute atomic E-state index is 0.314. The third-order valence-corrected chi connectivity index (χ3v) is 8.15. The summed E-state index contributed by atoms with van der Waals surface area (Å²) in [5, 5.41) is 21.0. The monoisotopic (exact) mass is 571 g/mol. The van der Waals surface area contributed by atoms with Gasteiger partial charge in [-0.2, -0.15) is 4.58 Å². The lowest BCUT2D eigenvalue weighted by Crippen LogP contribution is -2.26. The summed E-state index contributed by atoms with van der Waals surface area (Å²) in [6.45, 7) is 8.52. The highest BCUT2D eigenvalue weighted by atomic mass is 79.9. The van der Waals surface area contributed by atoms with Crippen molar-refractivity contribution in [2.75, 3.05) is 19.0 Å². The smallest absolute Gasteiger partial charge is 0.227 e. The molecule has 0 fully saturated rings. The van der Waals surface area contributed by atoms with E-state index in [-0.39, 0.29) is 10.8 Å². The molecule has 0 unspecified atom stereocenters. The van der Waals surface area contributed by atoms with E-state index in [4.69, 9.17) is 0 Å². The van der Waals surface area contributed by atoms with E-state index < -0.39 is 0 Å². The van der Waals surface area contributed by atoms with Gasteiger partial charge in [-0.05, 0) is 76.0 Å². The molecule has 172 valence electrons. The number of rotatable bonds is 3. The van der Waals surface area contributed by atoms with Crippen molar-refractivity contribution in [1.29, 1.82) is 0 Å². The molecule has 2 aliphatic rings. The van der Waals surface area contributed by atoms with Gasteiger partial charge in [-0.3, -0.25) is 0 Å². The van der Waals surface area contributed by atoms with Crippen molar-refractivity contribution < 1.29 is 14.8 Å². The van der Waals surface area contributed by atoms with Crippen molar-refractivity contribution in [1.82, 2.24) is 0 Å². The van der Waals surface area contributed by atoms with Gasteiger partial charge in [-0.15, -0.1) is 0 Å². The summed E-state index contributed by atoms with van der Waals surface area (Å²) in [5.41, 5.74) is 5.45. The summed E-state index contributed by atoms with van der Waals surface area (Å²) in [7, 11) is 4.06. The van der Waals surface area contributed by atoms with Gasteiger partial charge in [0.25, 0.3) is 0 Å². The molecule has 0 radical (unpaired) electrons. The first-order valence-corrected chi connectivity index (χ1v) is 12.4. The quantitative estimate of drug-likeness (QED) is 0.306. The van der Waals surface area contributed by atoms with Crippen molar-refractivity contribution in [3.8, 4) is 11.5 Å². The van der Waals surface area contributed by atoms with Crippen LogP contribution in [0.15, 0.2) is 69.3 Å². The van der Waals surface area contributed by atoms with E-state index in [0.717, 1.165) is 42.9 Å². The van der Waals surface area contributed by atoms with Crippen LogP contribution in [0.1, 0.15) is 38.8 Å². The fraction of sp³-hybridized carbons (Fsp3) is 0.296. The molecule has 0 atom stereocenters. The number of aromatic hydroxyl groups is 2. The number of hydrogen-bond acceptors (Lipinski definition) is 3. The van der Waals surface area contributed by atoms with Crippen molar-refractivity contribution in [3.05, 3.63) is 80.4 Å². The van der Waals surface area contributed by atoms with Crippen molar-refractivity contribution >= 4 is 48.9 Å². The Morgan fingerprint density at radius 3 is 2.06 bits per heavy atom. The maximum atomic E-state index is 10.5. The molecule has 2 aromatic carbocycles. The highest BCUT2D eigenvalue weighted by Crippen LogP contribution is 2.53. The molecule has 0 amide bonds. The van der Waals surface area contributed by atoms with E-state index in [2.05, 4.69) is 81.2 Å². The molecule has 0 aromatic heterocycles. The Kier molecular flexibility index (Phi) is 5.90. The lowest BCUT2D eigenvalue weighted by atomic mass is 9.81. The second kappa shape index (κ2) is 8.17. The summed E-state index contributed by atoms with van der Waals surface area (Å²) < 4.78 is 4.07. The molecule has 2 aromatic rings. The molecule has 6 heteroatoms. The predicted molar refractivity (Wildman–Crippen MR) is 143 cm³/mol. The van der Waals surface area contributed by atoms with Crippen LogP contribution in [-0.2, 0) is 10.8 Å². The van der Waals surface area contributed by atoms with E-state index in [1.54, 1.807) is 12.1 Å². The highest BCUT2D eigenvalue weighted by Gasteiger charge is 2.46. The van der Waals surface area contributed by atoms with Gasteiger partial charge in [-0.25, -0.2) is 0 Å². The molecule has 33 heavy (non-hydrogen) atoms. The van der Waals surface area contributed by atoms with Gasteiger partial charge in [0, 0.05) is 34.3 Å². The van der Waals surface area contributed by atoms with E-state index in [1.165, 1.54) is 0 Å². The standard InChI is InChI=1S/C27H28Br2N2O2/c1-26(2)20(30(5)24-16(28)12-14-18(32)22(24)26)10-8-7-9-11-21-27(3,4)23-19(33)15-13-17(29)25(23)31(21)6/h7-15H,1-6H3,(H-,32,33)/p+1. The average molecular weight is 573 g/mol. The number of nitrogens with zero attached hydrogens (tertiary/aromatic N) is 2. The van der Waals surface area contributed by atoms with Crippen LogP contribution in [0.2, 0.25) is 0 Å². The van der Waals surface area contributed by atoms with Gasteiger partial charge in [0.2, 0.25) is 5.69 Å². The normalized spacial score (nSPS) is 19.9. The molecule has 0 saturated heterocycles. The Balaban J connectivity index is 1.63. The zero-order valence-electron chi connectivity index (χ0n) is 19.7. The number of phenols is 2. The molecule has 2 heterocycles. The molecule has 4 rings (SSSR count). The van der Waals surface area contributed by atoms with Gasteiger partial charge in [-0.1, -0.05) is 32.1 Å². The molecule has 4 nitrogen and oxygen atoms in total. The van der Waals surface area contributed by atoms with E-state index in [1.807, 2.05) is 44.5 Å². The van der Waals surface area contributed by atoms with Gasteiger partial charge in [0.05, 0.1) is 21.1 Å². The Bertz CT molecular complexity index is 1280. The molecule has 0 saturated carbocycles. The Hall–Kier alpha value is -2.31. The Labute approximate surface area is 212 Å². The second-order valence-electron chi connectivity index (χ2n) is 9.63. The predicted octanol–water partition coefficient (Wildman–Crippen LogP) is 7.05. The van der Waals surface area contributed by atoms with Crippen LogP contribution in [0.25, 0.3) is 0 Å². The third kappa shape index (κ3) is 3.58. The minimum Gasteiger partial charge on any atom is -0.508 e. The molecule has 2 N–H and O–H groups in total. The van der Waals surface area contributed by atoms with Gasteiger partial charge < -0.3 is 15.1 Å². The SMILES string of the molecule is CN1/C(=C/C=C/C=C/C2=[N+](C)c3c(Br)ccc(O)c3C2(C)C)C(C)(C)c2c(O)ccc(Br)c21. The van der Waals surface area contributed by atoms with Crippen molar-refractivity contribution in [2.24, 2.45) is 0 Å². The summed E-state index contributed by atoms with van der Waals surface area (Å²) in [6.07, 6.45) is 10.3. The van der Waals surface area contributed by atoms with Gasteiger partial charge >= 0.3 is 0 Å². The summed E-state index contributed by atoms with van der Waals surface area (Å²) in [6, 6.07) is 7.25. The van der Waals surface area contributed by atoms with Crippen molar-refractivity contribution in [3.63, 3.8) is 0 Å². The largest absolute Gasteiger partial charge is 0.508 e. The first kappa shape index (κ1) is 23.8. The van der Waals surface area contributed by atoms with Gasteiger partial charge in [0.1, 0.15) is 18.5 Å². The molecule has 0 bridgehead atoms. The number of halogens is 2. The number of fused-ring (bicyclic) bond motifs is 2. The number of allylic oxidation sites excluding steroid dienone is 6. The fourth-order valence-corrected chi connectivity index (χ4v) is 6.52. The molecule has 0 spiro atoms. The second-order valence-corrected chi connectivity index (χ2v) is 11.3. The topological polar surface area (TPSA) is 46.7 Å². The molecular formula is C27H29Br2N2O2+. The Morgan fingerprint density at radius 2 is 1.45 bits per heavy atom. The Morgan fingerprint density at radius 1 is 0.848 bits per heavy atom. The maximum Gasteiger partial charge on any atom is 0.227 e. The summed E-state index contributed by atoms with van der Waals surface area (Å²) in [4.78, 5) is 2.13. The van der Waals surface area contributed by atoms with Crippen LogP contribution in [0.4, 0.5) is 11.4 Å². The van der Waals surface area contributed by atoms with Gasteiger partial charge in [0.15, 0.2) is 5.71 Å². The zero-order chi connectivity index (χ0) is 24.3. The summed E-state index contributed by atoms with van der Waals surface area (Å²) >= 11 is 7.27. The third-order valence-electron chi connectivity index (χ3n) is 6.87. The maximum absolute atomic E-state index is 10.5. The van der Waals surface area contributed by atoms with E-state index >= 15 is 0 Å². The lowest BCUT2D eigenvalue weighted by molar-refractivity contribution is -0.402. The fourth-order valence-electron chi connectivity index (χ4n) is 5.33. The number of likely N-dealkylation sites (N-methyl/N-ethyl adjacent to an activating group) is 1. The van der Waals surface area contributed by atoms with E-state index in [9.17, 15) is 10.2 Å². The first-order valence-electron chi connectivity index (χ1n) is 10.8.